The standard InChI is InChI=1S/C14H26N2O3/c1-14(2,3)19-13(18)16-6-4-10(5-7-16)12(17)11-8-15-9-11/h10-12,15,17H,4-9H2,1-3H3. The van der Waals surface area contributed by atoms with Crippen molar-refractivity contribution in [3.05, 3.63) is 0 Å². The third-order valence-corrected chi connectivity index (χ3v) is 3.97. The number of hydrogen-bond donors (Lipinski definition) is 2. The number of ether oxygens (including phenoxy) is 1. The fraction of sp³-hybridized carbons (Fsp3) is 0.929. The quantitative estimate of drug-likeness (QED) is 0.792. The lowest BCUT2D eigenvalue weighted by Gasteiger charge is -2.40. The highest BCUT2D eigenvalue weighted by Crippen LogP contribution is 2.27. The Balaban J connectivity index is 1.77. The maximum Gasteiger partial charge on any atom is 0.410 e. The molecule has 0 aromatic carbocycles. The Bertz CT molecular complexity index is 315. The van der Waals surface area contributed by atoms with E-state index < -0.39 is 5.60 Å². The fourth-order valence-electron chi connectivity index (χ4n) is 2.69. The molecule has 0 spiro atoms. The lowest BCUT2D eigenvalue weighted by atomic mass is 9.82. The van der Waals surface area contributed by atoms with Gasteiger partial charge in [-0.25, -0.2) is 4.79 Å². The molecule has 0 saturated carbocycles. The molecule has 0 aromatic rings. The third kappa shape index (κ3) is 3.83. The van der Waals surface area contributed by atoms with Crippen molar-refractivity contribution in [1.29, 1.82) is 0 Å². The lowest BCUT2D eigenvalue weighted by molar-refractivity contribution is -0.0128. The molecular formula is C14H26N2O3. The Morgan fingerprint density at radius 2 is 1.84 bits per heavy atom. The van der Waals surface area contributed by atoms with Crippen molar-refractivity contribution < 1.29 is 14.6 Å². The van der Waals surface area contributed by atoms with Gasteiger partial charge in [-0.05, 0) is 39.5 Å². The van der Waals surface area contributed by atoms with Crippen LogP contribution in [0.1, 0.15) is 33.6 Å². The highest BCUT2D eigenvalue weighted by atomic mass is 16.6. The summed E-state index contributed by atoms with van der Waals surface area (Å²) in [5, 5.41) is 13.4. The summed E-state index contributed by atoms with van der Waals surface area (Å²) < 4.78 is 5.37. The lowest BCUT2D eigenvalue weighted by Crippen LogP contribution is -2.52. The van der Waals surface area contributed by atoms with E-state index in [1.54, 1.807) is 4.90 Å². The van der Waals surface area contributed by atoms with Gasteiger partial charge in [-0.3, -0.25) is 0 Å². The van der Waals surface area contributed by atoms with Crippen LogP contribution in [-0.2, 0) is 4.74 Å². The molecule has 1 unspecified atom stereocenters. The molecule has 1 amide bonds. The van der Waals surface area contributed by atoms with Gasteiger partial charge >= 0.3 is 6.09 Å². The molecule has 2 aliphatic heterocycles. The van der Waals surface area contributed by atoms with Gasteiger partial charge in [0.05, 0.1) is 6.10 Å². The van der Waals surface area contributed by atoms with E-state index in [2.05, 4.69) is 5.32 Å². The predicted molar refractivity (Wildman–Crippen MR) is 72.9 cm³/mol. The minimum absolute atomic E-state index is 0.220. The summed E-state index contributed by atoms with van der Waals surface area (Å²) in [6.07, 6.45) is 1.29. The second-order valence-corrected chi connectivity index (χ2v) is 6.71. The van der Waals surface area contributed by atoms with Crippen molar-refractivity contribution >= 4 is 6.09 Å². The summed E-state index contributed by atoms with van der Waals surface area (Å²) in [6.45, 7) is 8.87. The molecule has 0 bridgehead atoms. The van der Waals surface area contributed by atoms with Crippen LogP contribution in [0.5, 0.6) is 0 Å². The first-order chi connectivity index (χ1) is 8.87. The van der Waals surface area contributed by atoms with Gasteiger partial charge in [-0.15, -0.1) is 0 Å². The van der Waals surface area contributed by atoms with Crippen molar-refractivity contribution in [3.8, 4) is 0 Å². The van der Waals surface area contributed by atoms with Gasteiger partial charge < -0.3 is 20.1 Å². The van der Waals surface area contributed by atoms with Gasteiger partial charge in [0.15, 0.2) is 0 Å². The molecule has 2 saturated heterocycles. The monoisotopic (exact) mass is 270 g/mol. The van der Waals surface area contributed by atoms with Crippen molar-refractivity contribution in [2.24, 2.45) is 11.8 Å². The number of carbonyl (C=O) groups excluding carboxylic acids is 1. The van der Waals surface area contributed by atoms with Crippen LogP contribution in [0.4, 0.5) is 4.79 Å². The Morgan fingerprint density at radius 3 is 2.26 bits per heavy atom. The van der Waals surface area contributed by atoms with E-state index in [9.17, 15) is 9.90 Å². The second kappa shape index (κ2) is 5.67. The van der Waals surface area contributed by atoms with Crippen LogP contribution in [0.3, 0.4) is 0 Å². The van der Waals surface area contributed by atoms with Crippen LogP contribution in [0, 0.1) is 11.8 Å². The van der Waals surface area contributed by atoms with E-state index in [4.69, 9.17) is 4.74 Å². The smallest absolute Gasteiger partial charge is 0.410 e. The molecule has 5 nitrogen and oxygen atoms in total. The Morgan fingerprint density at radius 1 is 1.26 bits per heavy atom. The van der Waals surface area contributed by atoms with Gasteiger partial charge in [0.2, 0.25) is 0 Å². The number of carbonyl (C=O) groups is 1. The highest BCUT2D eigenvalue weighted by molar-refractivity contribution is 5.68. The number of aliphatic hydroxyl groups is 1. The zero-order valence-electron chi connectivity index (χ0n) is 12.2. The molecule has 0 aromatic heterocycles. The maximum atomic E-state index is 11.9. The van der Waals surface area contributed by atoms with Crippen LogP contribution >= 0.6 is 0 Å². The number of rotatable bonds is 2. The summed E-state index contributed by atoms with van der Waals surface area (Å²) in [7, 11) is 0. The average molecular weight is 270 g/mol. The normalized spacial score (nSPS) is 23.9. The second-order valence-electron chi connectivity index (χ2n) is 6.71. The van der Waals surface area contributed by atoms with Crippen molar-refractivity contribution in [2.45, 2.75) is 45.3 Å². The topological polar surface area (TPSA) is 61.8 Å². The van der Waals surface area contributed by atoms with Crippen LogP contribution in [0.2, 0.25) is 0 Å². The molecule has 2 rings (SSSR count). The van der Waals surface area contributed by atoms with Crippen LogP contribution < -0.4 is 5.32 Å². The first-order valence-corrected chi connectivity index (χ1v) is 7.23. The van der Waals surface area contributed by atoms with E-state index in [0.717, 1.165) is 25.9 Å². The average Bonchev–Trinajstić information content (AvgIpc) is 2.24. The van der Waals surface area contributed by atoms with Gasteiger partial charge in [-0.2, -0.15) is 0 Å². The van der Waals surface area contributed by atoms with Crippen LogP contribution in [-0.4, -0.2) is 54.0 Å². The predicted octanol–water partition coefficient (Wildman–Crippen LogP) is 1.21. The SMILES string of the molecule is CC(C)(C)OC(=O)N1CCC(C(O)C2CNC2)CC1. The summed E-state index contributed by atoms with van der Waals surface area (Å²) in [5.74, 6) is 0.726. The molecule has 2 fully saturated rings. The Hall–Kier alpha value is -0.810. The zero-order valence-corrected chi connectivity index (χ0v) is 12.2. The molecule has 1 atom stereocenters. The largest absolute Gasteiger partial charge is 0.444 e. The van der Waals surface area contributed by atoms with Gasteiger partial charge in [0, 0.05) is 32.1 Å². The Labute approximate surface area is 115 Å². The molecule has 5 heteroatoms. The molecule has 19 heavy (non-hydrogen) atoms. The molecular weight excluding hydrogens is 244 g/mol. The first kappa shape index (κ1) is 14.6. The first-order valence-electron chi connectivity index (χ1n) is 7.23. The van der Waals surface area contributed by atoms with E-state index in [0.29, 0.717) is 24.9 Å². The van der Waals surface area contributed by atoms with Crippen molar-refractivity contribution in [3.63, 3.8) is 0 Å². The van der Waals surface area contributed by atoms with Crippen LogP contribution in [0.25, 0.3) is 0 Å². The summed E-state index contributed by atoms with van der Waals surface area (Å²) in [6, 6.07) is 0. The molecule has 110 valence electrons. The van der Waals surface area contributed by atoms with E-state index in [-0.39, 0.29) is 12.2 Å². The van der Waals surface area contributed by atoms with Crippen molar-refractivity contribution in [1.82, 2.24) is 10.2 Å². The summed E-state index contributed by atoms with van der Waals surface area (Å²) in [5.41, 5.74) is -0.439. The number of likely N-dealkylation sites (tertiary alicyclic amines) is 1. The summed E-state index contributed by atoms with van der Waals surface area (Å²) in [4.78, 5) is 13.7. The number of hydrogen-bond acceptors (Lipinski definition) is 4. The number of piperidine rings is 1. The van der Waals surface area contributed by atoms with Gasteiger partial charge in [0.1, 0.15) is 5.60 Å². The number of aliphatic hydroxyl groups excluding tert-OH is 1. The third-order valence-electron chi connectivity index (χ3n) is 3.97. The molecule has 2 heterocycles. The number of nitrogens with zero attached hydrogens (tertiary/aromatic N) is 1. The van der Waals surface area contributed by atoms with Gasteiger partial charge in [0.25, 0.3) is 0 Å². The van der Waals surface area contributed by atoms with E-state index in [1.165, 1.54) is 0 Å². The van der Waals surface area contributed by atoms with E-state index >= 15 is 0 Å². The molecule has 0 aliphatic carbocycles. The highest BCUT2D eigenvalue weighted by Gasteiger charge is 2.35. The maximum absolute atomic E-state index is 11.9. The number of amides is 1. The Kier molecular flexibility index (Phi) is 4.36. The van der Waals surface area contributed by atoms with Crippen molar-refractivity contribution in [2.75, 3.05) is 26.2 Å². The number of nitrogens with one attached hydrogen (secondary N) is 1. The molecule has 2 N–H and O–H groups in total. The van der Waals surface area contributed by atoms with E-state index in [1.807, 2.05) is 20.8 Å². The fourth-order valence-corrected chi connectivity index (χ4v) is 2.69. The minimum atomic E-state index is -0.439. The summed E-state index contributed by atoms with van der Waals surface area (Å²) >= 11 is 0. The minimum Gasteiger partial charge on any atom is -0.444 e. The molecule has 2 aliphatic rings. The van der Waals surface area contributed by atoms with Crippen LogP contribution in [0.15, 0.2) is 0 Å². The molecule has 0 radical (unpaired) electrons. The van der Waals surface area contributed by atoms with Gasteiger partial charge in [-0.1, -0.05) is 0 Å². The zero-order chi connectivity index (χ0) is 14.0.